The van der Waals surface area contributed by atoms with Crippen molar-refractivity contribution in [1.82, 2.24) is 4.40 Å². The first-order valence-corrected chi connectivity index (χ1v) is 22.5. The fourth-order valence-corrected chi connectivity index (χ4v) is 11.0. The van der Waals surface area contributed by atoms with Gasteiger partial charge in [-0.3, -0.25) is 0 Å². The second kappa shape index (κ2) is 14.8. The van der Waals surface area contributed by atoms with Crippen molar-refractivity contribution >= 4 is 55.0 Å². The maximum absolute atomic E-state index is 2.46. The van der Waals surface area contributed by atoms with Crippen LogP contribution in [0.15, 0.2) is 255 Å². The first kappa shape index (κ1) is 37.1. The molecular weight excluding hydrogens is 785 g/mol. The number of nitrogens with zero attached hydrogens (tertiary/aromatic N) is 2. The predicted molar refractivity (Wildman–Crippen MR) is 273 cm³/mol. The quantitative estimate of drug-likeness (QED) is 0.155. The molecule has 0 spiro atoms. The van der Waals surface area contributed by atoms with Crippen LogP contribution in [0, 0.1) is 0 Å². The van der Waals surface area contributed by atoms with E-state index in [0.717, 1.165) is 17.1 Å². The van der Waals surface area contributed by atoms with E-state index in [1.165, 1.54) is 93.6 Å². The second-order valence-corrected chi connectivity index (χ2v) is 17.2. The molecule has 2 nitrogen and oxygen atoms in total. The summed E-state index contributed by atoms with van der Waals surface area (Å²) in [6.45, 7) is 0. The SMILES string of the molecule is c1ccc(-c2c3cccc(-c4ccc(N(c5ccc6c(c5)C(c5ccccc5)(c5ccccc5)c5ccccc5-6)c5ccc6ccccc6c5)cc4)c3n3ccc4ccccc4c23)cc1. The highest BCUT2D eigenvalue weighted by molar-refractivity contribution is 6.17. The number of hydrogen-bond donors (Lipinski definition) is 0. The Morgan fingerprint density at radius 2 is 0.892 bits per heavy atom. The highest BCUT2D eigenvalue weighted by Crippen LogP contribution is 2.57. The molecule has 0 saturated heterocycles. The van der Waals surface area contributed by atoms with E-state index in [1.54, 1.807) is 0 Å². The molecule has 13 rings (SSSR count). The molecule has 2 heterocycles. The van der Waals surface area contributed by atoms with Gasteiger partial charge in [-0.1, -0.05) is 206 Å². The summed E-state index contributed by atoms with van der Waals surface area (Å²) in [7, 11) is 0. The summed E-state index contributed by atoms with van der Waals surface area (Å²) in [5.74, 6) is 0. The van der Waals surface area contributed by atoms with E-state index in [2.05, 4.69) is 264 Å². The van der Waals surface area contributed by atoms with E-state index in [4.69, 9.17) is 0 Å². The molecule has 0 atom stereocenters. The lowest BCUT2D eigenvalue weighted by molar-refractivity contribution is 0.768. The lowest BCUT2D eigenvalue weighted by atomic mass is 9.67. The standard InChI is InChI=1S/C63H42N2/c1-4-19-46(20-5-1)60-57-29-16-28-53(61(57)64-40-39-44-18-12-13-26-54(44)62(60)64)45-32-34-50(35-33-45)65(51-36-31-43-17-10-11-21-47(43)41-51)52-37-38-56-55-27-14-15-30-58(55)63(59(56)42-52,48-22-6-2-7-23-48)49-24-8-3-9-25-49/h1-42H. The number of fused-ring (bicyclic) bond motifs is 9. The fourth-order valence-electron chi connectivity index (χ4n) is 11.0. The lowest BCUT2D eigenvalue weighted by Crippen LogP contribution is -2.28. The van der Waals surface area contributed by atoms with Gasteiger partial charge in [-0.05, 0) is 103 Å². The second-order valence-electron chi connectivity index (χ2n) is 17.2. The van der Waals surface area contributed by atoms with Gasteiger partial charge in [-0.25, -0.2) is 0 Å². The Balaban J connectivity index is 1.02. The summed E-state index contributed by atoms with van der Waals surface area (Å²) in [5.41, 5.74) is 17.7. The van der Waals surface area contributed by atoms with Gasteiger partial charge in [-0.15, -0.1) is 0 Å². The van der Waals surface area contributed by atoms with Gasteiger partial charge in [-0.2, -0.15) is 0 Å². The van der Waals surface area contributed by atoms with Crippen molar-refractivity contribution in [3.8, 4) is 33.4 Å². The van der Waals surface area contributed by atoms with E-state index in [1.807, 2.05) is 0 Å². The summed E-state index contributed by atoms with van der Waals surface area (Å²) in [4.78, 5) is 2.44. The summed E-state index contributed by atoms with van der Waals surface area (Å²) in [6.07, 6.45) is 2.25. The highest BCUT2D eigenvalue weighted by Gasteiger charge is 2.46. The molecule has 0 N–H and O–H groups in total. The third-order valence-electron chi connectivity index (χ3n) is 13.8. The Bertz CT molecular complexity index is 3720. The van der Waals surface area contributed by atoms with Crippen molar-refractivity contribution < 1.29 is 0 Å². The van der Waals surface area contributed by atoms with Crippen molar-refractivity contribution in [3.63, 3.8) is 0 Å². The van der Waals surface area contributed by atoms with Crippen LogP contribution in [0.2, 0.25) is 0 Å². The minimum atomic E-state index is -0.508. The Hall–Kier alpha value is -8.46. The number of anilines is 3. The summed E-state index contributed by atoms with van der Waals surface area (Å²) < 4.78 is 2.42. The molecule has 65 heavy (non-hydrogen) atoms. The molecule has 0 bridgehead atoms. The van der Waals surface area contributed by atoms with Crippen LogP contribution in [-0.4, -0.2) is 4.40 Å². The van der Waals surface area contributed by atoms with Crippen LogP contribution in [0.4, 0.5) is 17.1 Å². The highest BCUT2D eigenvalue weighted by atomic mass is 15.1. The molecule has 0 saturated carbocycles. The van der Waals surface area contributed by atoms with E-state index in [-0.39, 0.29) is 0 Å². The van der Waals surface area contributed by atoms with Crippen LogP contribution < -0.4 is 4.90 Å². The number of aromatic nitrogens is 1. The molecule has 0 fully saturated rings. The number of pyridine rings is 1. The van der Waals surface area contributed by atoms with Gasteiger partial charge in [0, 0.05) is 45.2 Å². The number of para-hydroxylation sites is 1. The average Bonchev–Trinajstić information content (AvgIpc) is 3.89. The van der Waals surface area contributed by atoms with Crippen molar-refractivity contribution in [2.24, 2.45) is 0 Å². The monoisotopic (exact) mass is 826 g/mol. The average molecular weight is 827 g/mol. The third-order valence-corrected chi connectivity index (χ3v) is 13.8. The zero-order chi connectivity index (χ0) is 42.9. The van der Waals surface area contributed by atoms with E-state index in [9.17, 15) is 0 Å². The number of hydrogen-bond acceptors (Lipinski definition) is 1. The summed E-state index contributed by atoms with van der Waals surface area (Å²) >= 11 is 0. The van der Waals surface area contributed by atoms with Gasteiger partial charge in [0.1, 0.15) is 0 Å². The first-order valence-electron chi connectivity index (χ1n) is 22.5. The van der Waals surface area contributed by atoms with Crippen molar-refractivity contribution in [2.45, 2.75) is 5.41 Å². The van der Waals surface area contributed by atoms with Crippen LogP contribution in [0.5, 0.6) is 0 Å². The molecule has 0 aliphatic heterocycles. The van der Waals surface area contributed by atoms with Crippen LogP contribution in [0.1, 0.15) is 22.3 Å². The van der Waals surface area contributed by atoms with Gasteiger partial charge in [0.15, 0.2) is 0 Å². The van der Waals surface area contributed by atoms with E-state index < -0.39 is 5.41 Å². The van der Waals surface area contributed by atoms with Gasteiger partial charge < -0.3 is 9.30 Å². The van der Waals surface area contributed by atoms with Gasteiger partial charge in [0.05, 0.1) is 16.4 Å². The van der Waals surface area contributed by atoms with Gasteiger partial charge in [0.25, 0.3) is 0 Å². The van der Waals surface area contributed by atoms with Crippen molar-refractivity contribution in [2.75, 3.05) is 4.90 Å². The molecular formula is C63H42N2. The molecule has 2 heteroatoms. The maximum Gasteiger partial charge on any atom is 0.0714 e. The van der Waals surface area contributed by atoms with Crippen molar-refractivity contribution in [3.05, 3.63) is 277 Å². The van der Waals surface area contributed by atoms with Crippen molar-refractivity contribution in [1.29, 1.82) is 0 Å². The molecule has 304 valence electrons. The molecule has 0 radical (unpaired) electrons. The summed E-state index contributed by atoms with van der Waals surface area (Å²) in [6, 6.07) is 91.6. The molecule has 2 aromatic heterocycles. The molecule has 12 aromatic rings. The third kappa shape index (κ3) is 5.67. The van der Waals surface area contributed by atoms with Gasteiger partial charge in [0.2, 0.25) is 0 Å². The Labute approximate surface area is 378 Å². The van der Waals surface area contributed by atoms with E-state index in [0.29, 0.717) is 0 Å². The minimum absolute atomic E-state index is 0.508. The summed E-state index contributed by atoms with van der Waals surface area (Å²) in [5, 5.41) is 6.15. The minimum Gasteiger partial charge on any atom is -0.315 e. The topological polar surface area (TPSA) is 7.65 Å². The molecule has 0 unspecified atom stereocenters. The maximum atomic E-state index is 2.46. The molecule has 0 amide bonds. The molecule has 1 aliphatic carbocycles. The molecule has 10 aromatic carbocycles. The zero-order valence-electron chi connectivity index (χ0n) is 35.6. The predicted octanol–water partition coefficient (Wildman–Crippen LogP) is 16.6. The largest absolute Gasteiger partial charge is 0.315 e. The molecule has 1 aliphatic rings. The normalized spacial score (nSPS) is 12.7. The van der Waals surface area contributed by atoms with Crippen LogP contribution in [0.25, 0.3) is 71.3 Å². The Kier molecular flexibility index (Phi) is 8.47. The van der Waals surface area contributed by atoms with E-state index >= 15 is 0 Å². The van der Waals surface area contributed by atoms with Gasteiger partial charge >= 0.3 is 0 Å². The first-order chi connectivity index (χ1) is 32.3. The number of rotatable bonds is 7. The Morgan fingerprint density at radius 1 is 0.323 bits per heavy atom. The number of benzene rings is 10. The van der Waals surface area contributed by atoms with Crippen LogP contribution in [-0.2, 0) is 5.41 Å². The fraction of sp³-hybridized carbons (Fsp3) is 0.0159. The van der Waals surface area contributed by atoms with Crippen LogP contribution in [0.3, 0.4) is 0 Å². The lowest BCUT2D eigenvalue weighted by Gasteiger charge is -2.35. The zero-order valence-corrected chi connectivity index (χ0v) is 35.6. The smallest absolute Gasteiger partial charge is 0.0714 e. The Morgan fingerprint density at radius 3 is 1.66 bits per heavy atom. The van der Waals surface area contributed by atoms with Crippen LogP contribution >= 0.6 is 0 Å².